The number of rotatable bonds is 1. The van der Waals surface area contributed by atoms with Crippen molar-refractivity contribution in [3.8, 4) is 5.69 Å². The number of nitrogens with zero attached hydrogens (tertiary/aromatic N) is 2. The van der Waals surface area contributed by atoms with Crippen molar-refractivity contribution in [3.05, 3.63) is 57.3 Å². The van der Waals surface area contributed by atoms with Crippen LogP contribution in [-0.2, 0) is 0 Å². The molecule has 0 fully saturated rings. The van der Waals surface area contributed by atoms with E-state index >= 15 is 0 Å². The molecule has 3 nitrogen and oxygen atoms in total. The van der Waals surface area contributed by atoms with Crippen molar-refractivity contribution in [2.75, 3.05) is 0 Å². The van der Waals surface area contributed by atoms with Crippen LogP contribution < -0.4 is 5.43 Å². The van der Waals surface area contributed by atoms with Crippen LogP contribution in [0.3, 0.4) is 0 Å². The first-order valence-electron chi connectivity index (χ1n) is 5.30. The Hall–Kier alpha value is -1.64. The van der Waals surface area contributed by atoms with Crippen molar-refractivity contribution < 1.29 is 0 Å². The van der Waals surface area contributed by atoms with E-state index in [2.05, 4.69) is 5.10 Å². The van der Waals surface area contributed by atoms with Gasteiger partial charge < -0.3 is 0 Å². The maximum absolute atomic E-state index is 11.8. The van der Waals surface area contributed by atoms with Crippen LogP contribution in [0.4, 0.5) is 0 Å². The molecule has 0 spiro atoms. The van der Waals surface area contributed by atoms with Gasteiger partial charge in [-0.3, -0.25) is 0 Å². The van der Waals surface area contributed by atoms with Crippen LogP contribution in [0.2, 0.25) is 0 Å². The zero-order valence-electron chi connectivity index (χ0n) is 9.25. The Morgan fingerprint density at radius 1 is 1.18 bits per heavy atom. The van der Waals surface area contributed by atoms with E-state index in [9.17, 15) is 4.79 Å². The van der Waals surface area contributed by atoms with Gasteiger partial charge in [-0.2, -0.15) is 0 Å². The SMILES string of the molecule is Cc1nn(-c2ccccc2)c2[se]ccc(=O)c12. The monoisotopic (exact) mass is 290 g/mol. The molecular weight excluding hydrogens is 279 g/mol. The third-order valence-corrected chi connectivity index (χ3v) is 4.49. The summed E-state index contributed by atoms with van der Waals surface area (Å²) in [5.41, 5.74) is 1.91. The van der Waals surface area contributed by atoms with Gasteiger partial charge in [0.05, 0.1) is 0 Å². The quantitative estimate of drug-likeness (QED) is 0.640. The zero-order valence-corrected chi connectivity index (χ0v) is 11.0. The molecular formula is C13H10N2OSe. The maximum atomic E-state index is 11.8. The Balaban J connectivity index is 2.40. The summed E-state index contributed by atoms with van der Waals surface area (Å²) < 4.78 is 2.94. The van der Waals surface area contributed by atoms with Gasteiger partial charge in [-0.15, -0.1) is 0 Å². The summed E-state index contributed by atoms with van der Waals surface area (Å²) in [6.45, 7) is 1.89. The zero-order chi connectivity index (χ0) is 11.8. The van der Waals surface area contributed by atoms with Gasteiger partial charge in [-0.05, 0) is 0 Å². The van der Waals surface area contributed by atoms with Crippen LogP contribution in [0.5, 0.6) is 0 Å². The number of fused-ring (bicyclic) bond motifs is 1. The number of para-hydroxylation sites is 1. The van der Waals surface area contributed by atoms with Crippen molar-refractivity contribution in [1.29, 1.82) is 0 Å². The molecule has 0 saturated carbocycles. The Bertz CT molecular complexity index is 728. The van der Waals surface area contributed by atoms with Gasteiger partial charge in [0.2, 0.25) is 0 Å². The summed E-state index contributed by atoms with van der Waals surface area (Å²) in [4.78, 5) is 13.8. The van der Waals surface area contributed by atoms with E-state index in [0.29, 0.717) is 0 Å². The second-order valence-electron chi connectivity index (χ2n) is 3.80. The van der Waals surface area contributed by atoms with Gasteiger partial charge in [0.25, 0.3) is 0 Å². The molecule has 3 aromatic rings. The Kier molecular flexibility index (Phi) is 2.46. The fourth-order valence-corrected chi connectivity index (χ4v) is 3.84. The molecule has 84 valence electrons. The molecule has 17 heavy (non-hydrogen) atoms. The van der Waals surface area contributed by atoms with E-state index in [0.717, 1.165) is 21.2 Å². The van der Waals surface area contributed by atoms with Crippen molar-refractivity contribution in [3.63, 3.8) is 0 Å². The first-order valence-corrected chi connectivity index (χ1v) is 7.14. The van der Waals surface area contributed by atoms with Crippen molar-refractivity contribution in [2.45, 2.75) is 6.92 Å². The molecule has 0 bridgehead atoms. The van der Waals surface area contributed by atoms with Gasteiger partial charge in [0, 0.05) is 0 Å². The number of hydrogen-bond acceptors (Lipinski definition) is 2. The third kappa shape index (κ3) is 1.66. The van der Waals surface area contributed by atoms with Crippen molar-refractivity contribution >= 4 is 24.3 Å². The Morgan fingerprint density at radius 2 is 1.94 bits per heavy atom. The summed E-state index contributed by atoms with van der Waals surface area (Å²) in [5.74, 6) is 0. The molecule has 0 N–H and O–H groups in total. The van der Waals surface area contributed by atoms with Gasteiger partial charge in [0.1, 0.15) is 0 Å². The van der Waals surface area contributed by atoms with Crippen LogP contribution in [-0.4, -0.2) is 24.3 Å². The average molecular weight is 289 g/mol. The van der Waals surface area contributed by atoms with E-state index in [1.54, 1.807) is 6.07 Å². The molecule has 4 heteroatoms. The van der Waals surface area contributed by atoms with E-state index in [1.807, 2.05) is 46.9 Å². The molecule has 0 unspecified atom stereocenters. The van der Waals surface area contributed by atoms with Crippen molar-refractivity contribution in [1.82, 2.24) is 9.78 Å². The topological polar surface area (TPSA) is 34.9 Å². The summed E-state index contributed by atoms with van der Waals surface area (Å²) >= 11 is 0.181. The fourth-order valence-electron chi connectivity index (χ4n) is 1.89. The summed E-state index contributed by atoms with van der Waals surface area (Å²) in [6.07, 6.45) is 0. The number of aryl methyl sites for hydroxylation is 1. The molecule has 0 atom stereocenters. The fraction of sp³-hybridized carbons (Fsp3) is 0.0769. The second-order valence-corrected chi connectivity index (χ2v) is 5.67. The summed E-state index contributed by atoms with van der Waals surface area (Å²) in [6, 6.07) is 11.6. The minimum atomic E-state index is 0.0767. The van der Waals surface area contributed by atoms with Gasteiger partial charge in [-0.1, -0.05) is 0 Å². The normalized spacial score (nSPS) is 10.9. The van der Waals surface area contributed by atoms with Crippen molar-refractivity contribution in [2.24, 2.45) is 0 Å². The molecule has 0 aliphatic rings. The molecule has 0 aliphatic heterocycles. The first-order chi connectivity index (χ1) is 8.27. The van der Waals surface area contributed by atoms with Gasteiger partial charge in [-0.25, -0.2) is 0 Å². The molecule has 3 rings (SSSR count). The van der Waals surface area contributed by atoms with Gasteiger partial charge >= 0.3 is 104 Å². The predicted octanol–water partition coefficient (Wildman–Crippen LogP) is 1.75. The molecule has 0 radical (unpaired) electrons. The van der Waals surface area contributed by atoms with E-state index in [1.165, 1.54) is 0 Å². The first kappa shape index (κ1) is 10.5. The van der Waals surface area contributed by atoms with E-state index in [4.69, 9.17) is 0 Å². The third-order valence-electron chi connectivity index (χ3n) is 2.66. The van der Waals surface area contributed by atoms with Crippen LogP contribution in [0.1, 0.15) is 5.69 Å². The van der Waals surface area contributed by atoms with Crippen LogP contribution in [0, 0.1) is 6.92 Å². The van der Waals surface area contributed by atoms with Gasteiger partial charge in [0.15, 0.2) is 0 Å². The van der Waals surface area contributed by atoms with Crippen LogP contribution in [0.15, 0.2) is 46.1 Å². The predicted molar refractivity (Wildman–Crippen MR) is 69.0 cm³/mol. The molecule has 2 aromatic heterocycles. The molecule has 0 aliphatic carbocycles. The number of hydrogen-bond donors (Lipinski definition) is 0. The van der Waals surface area contributed by atoms with E-state index < -0.39 is 0 Å². The standard InChI is InChI=1S/C13H10N2OSe/c1-9-12-11(16)7-8-17-13(12)15(14-9)10-5-3-2-4-6-10/h2-8H,1H3. The number of aromatic nitrogens is 2. The number of benzene rings is 1. The summed E-state index contributed by atoms with van der Waals surface area (Å²) in [7, 11) is 0. The molecule has 0 saturated heterocycles. The average Bonchev–Trinajstić information content (AvgIpc) is 2.69. The minimum absolute atomic E-state index is 0.0767. The Morgan fingerprint density at radius 3 is 2.71 bits per heavy atom. The Labute approximate surface area is 104 Å². The molecule has 2 heterocycles. The summed E-state index contributed by atoms with van der Waals surface area (Å²) in [5, 5.41) is 5.27. The second kappa shape index (κ2) is 3.99. The van der Waals surface area contributed by atoms with E-state index in [-0.39, 0.29) is 19.9 Å². The van der Waals surface area contributed by atoms with Crippen LogP contribution in [0.25, 0.3) is 15.5 Å². The van der Waals surface area contributed by atoms with Crippen LogP contribution >= 0.6 is 0 Å². The molecule has 1 aromatic carbocycles. The molecule has 0 amide bonds.